The molecule has 196 valence electrons. The normalized spacial score (nSPS) is 22.1. The van der Waals surface area contributed by atoms with E-state index in [2.05, 4.69) is 24.0 Å². The lowest BCUT2D eigenvalue weighted by Gasteiger charge is -2.52. The van der Waals surface area contributed by atoms with Crippen LogP contribution in [0.15, 0.2) is 42.5 Å². The summed E-state index contributed by atoms with van der Waals surface area (Å²) in [5, 5.41) is 1.08. The van der Waals surface area contributed by atoms with E-state index in [0.29, 0.717) is 25.5 Å². The molecule has 3 heterocycles. The Morgan fingerprint density at radius 1 is 1.08 bits per heavy atom. The molecule has 3 atom stereocenters. The highest BCUT2D eigenvalue weighted by molar-refractivity contribution is 6.01. The highest BCUT2D eigenvalue weighted by Crippen LogP contribution is 2.49. The van der Waals surface area contributed by atoms with E-state index in [0.717, 1.165) is 46.3 Å². The second-order valence-electron chi connectivity index (χ2n) is 10.3. The number of nitrogens with zero attached hydrogens (tertiary/aromatic N) is 2. The molecule has 7 nitrogen and oxygen atoms in total. The maximum atomic E-state index is 14.1. The Kier molecular flexibility index (Phi) is 6.65. The number of aromatic nitrogens is 1. The molecule has 2 aromatic carbocycles. The molecule has 7 heteroatoms. The second-order valence-corrected chi connectivity index (χ2v) is 10.3. The first-order chi connectivity index (χ1) is 17.8. The highest BCUT2D eigenvalue weighted by atomic mass is 16.5. The van der Waals surface area contributed by atoms with Gasteiger partial charge in [0.15, 0.2) is 17.0 Å². The maximum absolute atomic E-state index is 14.1. The molecule has 1 fully saturated rings. The van der Waals surface area contributed by atoms with Crippen molar-refractivity contribution in [3.63, 3.8) is 0 Å². The maximum Gasteiger partial charge on any atom is 0.255 e. The zero-order valence-corrected chi connectivity index (χ0v) is 22.5. The number of aromatic amines is 1. The molecule has 2 aliphatic heterocycles. The molecule has 1 saturated heterocycles. The van der Waals surface area contributed by atoms with Gasteiger partial charge in [0.25, 0.3) is 5.91 Å². The molecule has 0 saturated carbocycles. The van der Waals surface area contributed by atoms with Gasteiger partial charge in [0.05, 0.1) is 18.9 Å². The van der Waals surface area contributed by atoms with E-state index in [-0.39, 0.29) is 30.3 Å². The minimum atomic E-state index is -1.09. The zero-order valence-electron chi connectivity index (χ0n) is 22.5. The van der Waals surface area contributed by atoms with Crippen LogP contribution in [0.4, 0.5) is 0 Å². The van der Waals surface area contributed by atoms with Crippen LogP contribution in [0.1, 0.15) is 70.2 Å². The number of ether oxygens (including phenoxy) is 2. The van der Waals surface area contributed by atoms with E-state index in [4.69, 9.17) is 9.47 Å². The molecule has 1 aromatic heterocycles. The number of carbonyl (C=O) groups excluding carboxylic acids is 2. The number of piperazine rings is 1. The molecule has 2 aliphatic rings. The lowest BCUT2D eigenvalue weighted by Crippen LogP contribution is -2.68. The van der Waals surface area contributed by atoms with Crippen molar-refractivity contribution in [2.24, 2.45) is 0 Å². The monoisotopic (exact) mass is 503 g/mol. The first-order valence-corrected chi connectivity index (χ1v) is 13.5. The highest BCUT2D eigenvalue weighted by Gasteiger charge is 2.56. The molecule has 5 rings (SSSR count). The summed E-state index contributed by atoms with van der Waals surface area (Å²) in [5.41, 5.74) is 2.79. The summed E-state index contributed by atoms with van der Waals surface area (Å²) >= 11 is 0. The number of amides is 2. The number of benzene rings is 2. The van der Waals surface area contributed by atoms with Gasteiger partial charge in [0.1, 0.15) is 6.54 Å². The van der Waals surface area contributed by atoms with Gasteiger partial charge in [-0.25, -0.2) is 0 Å². The SMILES string of the molecule is CCCOc1ccc([C@@H]2CN3C(=O)CN([C@H](C)CC)C(=O)[C@]3(C)c3[nH]c4ccccc4c32)cc1OCC. The Balaban J connectivity index is 1.69. The van der Waals surface area contributed by atoms with Crippen LogP contribution in [0.25, 0.3) is 10.9 Å². The zero-order chi connectivity index (χ0) is 26.3. The van der Waals surface area contributed by atoms with Crippen molar-refractivity contribution in [2.75, 3.05) is 26.3 Å². The molecule has 37 heavy (non-hydrogen) atoms. The first-order valence-electron chi connectivity index (χ1n) is 13.5. The van der Waals surface area contributed by atoms with Crippen LogP contribution >= 0.6 is 0 Å². The van der Waals surface area contributed by atoms with E-state index in [1.807, 2.05) is 58.0 Å². The van der Waals surface area contributed by atoms with E-state index < -0.39 is 5.54 Å². The van der Waals surface area contributed by atoms with Gasteiger partial charge in [0.2, 0.25) is 5.91 Å². The predicted octanol–water partition coefficient (Wildman–Crippen LogP) is 5.19. The molecule has 0 spiro atoms. The molecular formula is C30H37N3O4. The third kappa shape index (κ3) is 3.95. The number of nitrogens with one attached hydrogen (secondary N) is 1. The van der Waals surface area contributed by atoms with E-state index in [1.165, 1.54) is 0 Å². The quantitative estimate of drug-likeness (QED) is 0.459. The fourth-order valence-electron chi connectivity index (χ4n) is 5.85. The number of fused-ring (bicyclic) bond motifs is 5. The van der Waals surface area contributed by atoms with E-state index >= 15 is 0 Å². The van der Waals surface area contributed by atoms with Crippen molar-refractivity contribution in [1.29, 1.82) is 0 Å². The summed E-state index contributed by atoms with van der Waals surface area (Å²) in [6, 6.07) is 14.2. The predicted molar refractivity (Wildman–Crippen MR) is 144 cm³/mol. The summed E-state index contributed by atoms with van der Waals surface area (Å²) in [4.78, 5) is 34.8. The lowest BCUT2D eigenvalue weighted by atomic mass is 9.76. The van der Waals surface area contributed by atoms with Gasteiger partial charge in [-0.05, 0) is 62.9 Å². The average Bonchev–Trinajstić information content (AvgIpc) is 3.30. The standard InChI is InChI=1S/C30H37N3O4/c1-6-15-37-24-14-13-20(16-25(24)36-8-3)22-17-33-26(34)18-32(19(4)7-2)29(35)30(33,5)28-27(22)21-11-9-10-12-23(21)31-28/h9-14,16,19,22,31H,6-8,15,17-18H2,1-5H3/t19-,22+,30+/m1/s1. The summed E-state index contributed by atoms with van der Waals surface area (Å²) in [6.07, 6.45) is 1.70. The fourth-order valence-corrected chi connectivity index (χ4v) is 5.85. The van der Waals surface area contributed by atoms with Crippen LogP contribution in [0.2, 0.25) is 0 Å². The first kappa shape index (κ1) is 25.2. The van der Waals surface area contributed by atoms with Crippen molar-refractivity contribution in [2.45, 2.75) is 65.0 Å². The Morgan fingerprint density at radius 3 is 2.59 bits per heavy atom. The smallest absolute Gasteiger partial charge is 0.255 e. The van der Waals surface area contributed by atoms with E-state index in [9.17, 15) is 9.59 Å². The van der Waals surface area contributed by atoms with Crippen LogP contribution < -0.4 is 9.47 Å². The molecule has 0 unspecified atom stereocenters. The number of H-pyrrole nitrogens is 1. The summed E-state index contributed by atoms with van der Waals surface area (Å²) < 4.78 is 11.9. The Labute approximate surface area is 218 Å². The largest absolute Gasteiger partial charge is 0.490 e. The van der Waals surface area contributed by atoms with Gasteiger partial charge < -0.3 is 24.3 Å². The van der Waals surface area contributed by atoms with Crippen LogP contribution in [-0.2, 0) is 15.1 Å². The number of carbonyl (C=O) groups is 2. The van der Waals surface area contributed by atoms with Crippen molar-refractivity contribution < 1.29 is 19.1 Å². The van der Waals surface area contributed by atoms with Crippen molar-refractivity contribution in [3.8, 4) is 11.5 Å². The molecular weight excluding hydrogens is 466 g/mol. The van der Waals surface area contributed by atoms with Gasteiger partial charge >= 0.3 is 0 Å². The molecule has 0 aliphatic carbocycles. The topological polar surface area (TPSA) is 74.9 Å². The third-order valence-corrected chi connectivity index (χ3v) is 8.03. The van der Waals surface area contributed by atoms with Gasteiger partial charge in [-0.3, -0.25) is 9.59 Å². The molecule has 3 aromatic rings. The third-order valence-electron chi connectivity index (χ3n) is 8.03. The molecule has 0 radical (unpaired) electrons. The van der Waals surface area contributed by atoms with Gasteiger partial charge in [-0.2, -0.15) is 0 Å². The molecule has 1 N–H and O–H groups in total. The summed E-state index contributed by atoms with van der Waals surface area (Å²) in [7, 11) is 0. The van der Waals surface area contributed by atoms with Crippen LogP contribution in [0.5, 0.6) is 11.5 Å². The number of rotatable bonds is 8. The van der Waals surface area contributed by atoms with Gasteiger partial charge in [-0.1, -0.05) is 38.1 Å². The van der Waals surface area contributed by atoms with Crippen LogP contribution in [0, 0.1) is 0 Å². The van der Waals surface area contributed by atoms with Gasteiger partial charge in [0, 0.05) is 29.4 Å². The lowest BCUT2D eigenvalue weighted by molar-refractivity contribution is -0.168. The van der Waals surface area contributed by atoms with Crippen molar-refractivity contribution in [3.05, 3.63) is 59.3 Å². The minimum Gasteiger partial charge on any atom is -0.490 e. The minimum absolute atomic E-state index is 0.00890. The summed E-state index contributed by atoms with van der Waals surface area (Å²) in [5.74, 6) is 1.26. The number of hydrogen-bond donors (Lipinski definition) is 1. The van der Waals surface area contributed by atoms with E-state index in [1.54, 1.807) is 9.80 Å². The molecule has 0 bridgehead atoms. The van der Waals surface area contributed by atoms with Crippen molar-refractivity contribution in [1.82, 2.24) is 14.8 Å². The average molecular weight is 504 g/mol. The van der Waals surface area contributed by atoms with Crippen LogP contribution in [0.3, 0.4) is 0 Å². The fraction of sp³-hybridized carbons (Fsp3) is 0.467. The summed E-state index contributed by atoms with van der Waals surface area (Å²) in [6.45, 7) is 11.7. The Bertz CT molecular complexity index is 1330. The van der Waals surface area contributed by atoms with Gasteiger partial charge in [-0.15, -0.1) is 0 Å². The van der Waals surface area contributed by atoms with Crippen molar-refractivity contribution >= 4 is 22.7 Å². The Morgan fingerprint density at radius 2 is 1.86 bits per heavy atom. The number of para-hydroxylation sites is 1. The molecule has 2 amide bonds. The Hall–Kier alpha value is -3.48. The van der Waals surface area contributed by atoms with Crippen LogP contribution in [-0.4, -0.2) is 58.9 Å². The second kappa shape index (κ2) is 9.77. The number of hydrogen-bond acceptors (Lipinski definition) is 4.